The zero-order valence-electron chi connectivity index (χ0n) is 10.3. The standard InChI is InChI=1S/C14H20O2/c1-10-6-7-11(12(15)9-10)14(2,3)13-5-4-8-16-13/h4-5,8,10-11H,6-7,9H2,1-3H3. The van der Waals surface area contributed by atoms with Crippen LogP contribution in [0.2, 0.25) is 0 Å². The third kappa shape index (κ3) is 1.93. The van der Waals surface area contributed by atoms with Crippen LogP contribution in [0.3, 0.4) is 0 Å². The second-order valence-corrected chi connectivity index (χ2v) is 5.60. The predicted molar refractivity (Wildman–Crippen MR) is 63.2 cm³/mol. The lowest BCUT2D eigenvalue weighted by Gasteiger charge is -2.36. The average Bonchev–Trinajstić information content (AvgIpc) is 2.69. The van der Waals surface area contributed by atoms with E-state index < -0.39 is 0 Å². The van der Waals surface area contributed by atoms with Crippen LogP contribution in [-0.4, -0.2) is 5.78 Å². The van der Waals surface area contributed by atoms with Crippen LogP contribution in [-0.2, 0) is 10.2 Å². The summed E-state index contributed by atoms with van der Waals surface area (Å²) in [5.74, 6) is 2.01. The topological polar surface area (TPSA) is 30.2 Å². The minimum Gasteiger partial charge on any atom is -0.469 e. The highest BCUT2D eigenvalue weighted by Crippen LogP contribution is 2.40. The SMILES string of the molecule is CC1CCC(C(C)(C)c2ccco2)C(=O)C1. The van der Waals surface area contributed by atoms with Gasteiger partial charge in [-0.1, -0.05) is 20.8 Å². The monoisotopic (exact) mass is 220 g/mol. The number of hydrogen-bond acceptors (Lipinski definition) is 2. The van der Waals surface area contributed by atoms with Gasteiger partial charge in [-0.25, -0.2) is 0 Å². The van der Waals surface area contributed by atoms with E-state index in [2.05, 4.69) is 20.8 Å². The van der Waals surface area contributed by atoms with E-state index >= 15 is 0 Å². The number of furan rings is 1. The quantitative estimate of drug-likeness (QED) is 0.762. The zero-order valence-corrected chi connectivity index (χ0v) is 10.3. The van der Waals surface area contributed by atoms with Crippen LogP contribution in [0.1, 0.15) is 45.8 Å². The Morgan fingerprint density at radius 2 is 2.12 bits per heavy atom. The van der Waals surface area contributed by atoms with Crippen molar-refractivity contribution in [2.45, 2.75) is 45.4 Å². The van der Waals surface area contributed by atoms with Gasteiger partial charge in [-0.15, -0.1) is 0 Å². The first-order chi connectivity index (χ1) is 7.51. The van der Waals surface area contributed by atoms with Crippen molar-refractivity contribution in [1.82, 2.24) is 0 Å². The number of carbonyl (C=O) groups is 1. The molecule has 0 N–H and O–H groups in total. The lowest BCUT2D eigenvalue weighted by Crippen LogP contribution is -2.38. The van der Waals surface area contributed by atoms with Crippen LogP contribution in [0, 0.1) is 11.8 Å². The first-order valence-electron chi connectivity index (χ1n) is 6.08. The lowest BCUT2D eigenvalue weighted by molar-refractivity contribution is -0.128. The Morgan fingerprint density at radius 3 is 2.69 bits per heavy atom. The molecule has 0 aromatic carbocycles. The summed E-state index contributed by atoms with van der Waals surface area (Å²) in [6, 6.07) is 3.87. The third-order valence-electron chi connectivity index (χ3n) is 3.91. The summed E-state index contributed by atoms with van der Waals surface area (Å²) in [7, 11) is 0. The summed E-state index contributed by atoms with van der Waals surface area (Å²) >= 11 is 0. The molecule has 0 spiro atoms. The van der Waals surface area contributed by atoms with Crippen molar-refractivity contribution in [3.8, 4) is 0 Å². The molecule has 1 fully saturated rings. The lowest BCUT2D eigenvalue weighted by atomic mass is 9.67. The van der Waals surface area contributed by atoms with Gasteiger partial charge < -0.3 is 4.42 Å². The van der Waals surface area contributed by atoms with Crippen LogP contribution in [0.5, 0.6) is 0 Å². The fraction of sp³-hybridized carbons (Fsp3) is 0.643. The number of Topliss-reactive ketones (excluding diaryl/α,β-unsaturated/α-hetero) is 1. The molecule has 2 unspecified atom stereocenters. The molecular weight excluding hydrogens is 200 g/mol. The highest BCUT2D eigenvalue weighted by atomic mass is 16.3. The van der Waals surface area contributed by atoms with E-state index in [-0.39, 0.29) is 11.3 Å². The van der Waals surface area contributed by atoms with E-state index in [1.807, 2.05) is 12.1 Å². The summed E-state index contributed by atoms with van der Waals surface area (Å²) in [6.45, 7) is 6.39. The van der Waals surface area contributed by atoms with E-state index in [9.17, 15) is 4.79 Å². The first-order valence-corrected chi connectivity index (χ1v) is 6.08. The molecular formula is C14H20O2. The molecule has 0 saturated heterocycles. The van der Waals surface area contributed by atoms with Gasteiger partial charge in [0.1, 0.15) is 11.5 Å². The fourth-order valence-electron chi connectivity index (χ4n) is 2.78. The van der Waals surface area contributed by atoms with Gasteiger partial charge in [0.25, 0.3) is 0 Å². The van der Waals surface area contributed by atoms with Crippen molar-refractivity contribution >= 4 is 5.78 Å². The molecule has 0 aliphatic heterocycles. The molecule has 2 nitrogen and oxygen atoms in total. The van der Waals surface area contributed by atoms with Gasteiger partial charge in [-0.05, 0) is 30.9 Å². The minimum absolute atomic E-state index is 0.120. The Balaban J connectivity index is 2.21. The second-order valence-electron chi connectivity index (χ2n) is 5.60. The average molecular weight is 220 g/mol. The summed E-state index contributed by atoms with van der Waals surface area (Å²) in [4.78, 5) is 12.1. The summed E-state index contributed by atoms with van der Waals surface area (Å²) in [5, 5.41) is 0. The van der Waals surface area contributed by atoms with E-state index in [0.717, 1.165) is 25.0 Å². The predicted octanol–water partition coefficient (Wildman–Crippen LogP) is 3.56. The Kier molecular flexibility index (Phi) is 2.92. The number of rotatable bonds is 2. The molecule has 1 aliphatic carbocycles. The van der Waals surface area contributed by atoms with Gasteiger partial charge in [0.15, 0.2) is 0 Å². The van der Waals surface area contributed by atoms with E-state index in [1.165, 1.54) is 0 Å². The molecule has 1 aliphatic rings. The Hall–Kier alpha value is -1.05. The van der Waals surface area contributed by atoms with Gasteiger partial charge in [-0.3, -0.25) is 4.79 Å². The van der Waals surface area contributed by atoms with E-state index in [0.29, 0.717) is 11.7 Å². The van der Waals surface area contributed by atoms with Gasteiger partial charge in [0.05, 0.1) is 6.26 Å². The molecule has 0 radical (unpaired) electrons. The van der Waals surface area contributed by atoms with Crippen molar-refractivity contribution in [2.75, 3.05) is 0 Å². The van der Waals surface area contributed by atoms with Crippen LogP contribution in [0.4, 0.5) is 0 Å². The first kappa shape index (κ1) is 11.4. The van der Waals surface area contributed by atoms with Crippen molar-refractivity contribution in [3.05, 3.63) is 24.2 Å². The number of hydrogen-bond donors (Lipinski definition) is 0. The molecule has 1 saturated carbocycles. The van der Waals surface area contributed by atoms with Gasteiger partial charge >= 0.3 is 0 Å². The van der Waals surface area contributed by atoms with Gasteiger partial charge in [0, 0.05) is 17.8 Å². The molecule has 1 aromatic heterocycles. The molecule has 16 heavy (non-hydrogen) atoms. The summed E-state index contributed by atoms with van der Waals surface area (Å²) in [6.07, 6.45) is 4.57. The van der Waals surface area contributed by atoms with Crippen molar-refractivity contribution in [1.29, 1.82) is 0 Å². The van der Waals surface area contributed by atoms with Crippen LogP contribution >= 0.6 is 0 Å². The second kappa shape index (κ2) is 4.08. The zero-order chi connectivity index (χ0) is 11.8. The maximum Gasteiger partial charge on any atom is 0.137 e. The van der Waals surface area contributed by atoms with Crippen molar-refractivity contribution in [2.24, 2.45) is 11.8 Å². The van der Waals surface area contributed by atoms with E-state index in [1.54, 1.807) is 6.26 Å². The Morgan fingerprint density at radius 1 is 1.38 bits per heavy atom. The van der Waals surface area contributed by atoms with Crippen LogP contribution in [0.25, 0.3) is 0 Å². The minimum atomic E-state index is -0.166. The van der Waals surface area contributed by atoms with Gasteiger partial charge in [0.2, 0.25) is 0 Å². The van der Waals surface area contributed by atoms with Gasteiger partial charge in [-0.2, -0.15) is 0 Å². The number of carbonyl (C=O) groups excluding carboxylic acids is 1. The van der Waals surface area contributed by atoms with Crippen molar-refractivity contribution < 1.29 is 9.21 Å². The Labute approximate surface area is 97.0 Å². The summed E-state index contributed by atoms with van der Waals surface area (Å²) < 4.78 is 5.47. The van der Waals surface area contributed by atoms with Crippen molar-refractivity contribution in [3.63, 3.8) is 0 Å². The Bertz CT molecular complexity index is 362. The largest absolute Gasteiger partial charge is 0.469 e. The molecule has 88 valence electrons. The smallest absolute Gasteiger partial charge is 0.137 e. The molecule has 2 atom stereocenters. The molecule has 0 bridgehead atoms. The maximum absolute atomic E-state index is 12.1. The molecule has 2 rings (SSSR count). The van der Waals surface area contributed by atoms with Crippen LogP contribution < -0.4 is 0 Å². The molecule has 0 amide bonds. The molecule has 1 aromatic rings. The number of ketones is 1. The fourth-order valence-corrected chi connectivity index (χ4v) is 2.78. The maximum atomic E-state index is 12.1. The molecule has 1 heterocycles. The molecule has 2 heteroatoms. The van der Waals surface area contributed by atoms with E-state index in [4.69, 9.17) is 4.42 Å². The highest BCUT2D eigenvalue weighted by Gasteiger charge is 2.40. The van der Waals surface area contributed by atoms with Crippen LogP contribution in [0.15, 0.2) is 22.8 Å². The summed E-state index contributed by atoms with van der Waals surface area (Å²) in [5.41, 5.74) is -0.166. The normalized spacial score (nSPS) is 27.1. The third-order valence-corrected chi connectivity index (χ3v) is 3.91. The highest BCUT2D eigenvalue weighted by molar-refractivity contribution is 5.83.